The predicted molar refractivity (Wildman–Crippen MR) is 81.7 cm³/mol. The summed E-state index contributed by atoms with van der Waals surface area (Å²) in [5.41, 5.74) is 6.32. The van der Waals surface area contributed by atoms with Gasteiger partial charge in [-0.2, -0.15) is 0 Å². The quantitative estimate of drug-likeness (QED) is 0.849. The summed E-state index contributed by atoms with van der Waals surface area (Å²) in [6, 6.07) is 9.11. The number of rotatable bonds is 5. The maximum Gasteiger partial charge on any atom is 0.251 e. The number of hydrogen-bond donors (Lipinski definition) is 2. The van der Waals surface area contributed by atoms with Crippen molar-refractivity contribution in [2.75, 3.05) is 20.1 Å². The number of carbonyl (C=O) groups excluding carboxylic acids is 2. The molecule has 1 fully saturated rings. The molecule has 2 atom stereocenters. The molecule has 0 heterocycles. The molecule has 0 saturated heterocycles. The zero-order valence-corrected chi connectivity index (χ0v) is 12.4. The Labute approximate surface area is 125 Å². The highest BCUT2D eigenvalue weighted by Crippen LogP contribution is 2.28. The summed E-state index contributed by atoms with van der Waals surface area (Å²) in [5, 5.41) is 2.67. The van der Waals surface area contributed by atoms with Crippen molar-refractivity contribution < 1.29 is 9.59 Å². The molecule has 0 bridgehead atoms. The van der Waals surface area contributed by atoms with Crippen molar-refractivity contribution in [3.63, 3.8) is 0 Å². The average molecular weight is 289 g/mol. The number of nitrogens with two attached hydrogens (primary N) is 1. The van der Waals surface area contributed by atoms with E-state index in [0.717, 1.165) is 19.3 Å². The van der Waals surface area contributed by atoms with E-state index in [9.17, 15) is 9.59 Å². The van der Waals surface area contributed by atoms with Crippen molar-refractivity contribution in [2.45, 2.75) is 25.3 Å². The molecule has 5 heteroatoms. The first-order chi connectivity index (χ1) is 10.1. The SMILES string of the molecule is CN(C(=O)CNC(=O)c1ccccc1)C1CCCC1CN. The zero-order valence-electron chi connectivity index (χ0n) is 12.4. The molecule has 5 nitrogen and oxygen atoms in total. The number of benzene rings is 1. The molecular weight excluding hydrogens is 266 g/mol. The third-order valence-electron chi connectivity index (χ3n) is 4.25. The number of amides is 2. The van der Waals surface area contributed by atoms with Gasteiger partial charge in [0, 0.05) is 18.7 Å². The maximum atomic E-state index is 12.2. The highest BCUT2D eigenvalue weighted by Gasteiger charge is 2.31. The van der Waals surface area contributed by atoms with Gasteiger partial charge in [-0.05, 0) is 37.4 Å². The minimum atomic E-state index is -0.223. The van der Waals surface area contributed by atoms with E-state index in [1.54, 1.807) is 36.2 Å². The molecule has 0 aliphatic heterocycles. The summed E-state index contributed by atoms with van der Waals surface area (Å²) < 4.78 is 0. The summed E-state index contributed by atoms with van der Waals surface area (Å²) in [6.45, 7) is 0.636. The van der Waals surface area contributed by atoms with Crippen LogP contribution in [0.4, 0.5) is 0 Å². The molecular formula is C16H23N3O2. The number of nitrogens with zero attached hydrogens (tertiary/aromatic N) is 1. The van der Waals surface area contributed by atoms with Gasteiger partial charge in [-0.25, -0.2) is 0 Å². The fourth-order valence-corrected chi connectivity index (χ4v) is 2.96. The van der Waals surface area contributed by atoms with Gasteiger partial charge in [0.1, 0.15) is 0 Å². The van der Waals surface area contributed by atoms with Crippen LogP contribution < -0.4 is 11.1 Å². The van der Waals surface area contributed by atoms with Crippen LogP contribution in [-0.2, 0) is 4.79 Å². The molecule has 114 valence electrons. The van der Waals surface area contributed by atoms with Crippen molar-refractivity contribution in [3.8, 4) is 0 Å². The molecule has 1 aromatic carbocycles. The molecule has 0 aromatic heterocycles. The second kappa shape index (κ2) is 7.22. The smallest absolute Gasteiger partial charge is 0.251 e. The van der Waals surface area contributed by atoms with Gasteiger partial charge in [0.25, 0.3) is 5.91 Å². The Morgan fingerprint density at radius 1 is 1.29 bits per heavy atom. The molecule has 21 heavy (non-hydrogen) atoms. The van der Waals surface area contributed by atoms with Gasteiger partial charge in [-0.15, -0.1) is 0 Å². The standard InChI is InChI=1S/C16H23N3O2/c1-19(14-9-5-8-13(14)10-17)15(20)11-18-16(21)12-6-3-2-4-7-12/h2-4,6-7,13-14H,5,8-11,17H2,1H3,(H,18,21). The maximum absolute atomic E-state index is 12.2. The van der Waals surface area contributed by atoms with Crippen LogP contribution in [0.1, 0.15) is 29.6 Å². The monoisotopic (exact) mass is 289 g/mol. The van der Waals surface area contributed by atoms with E-state index in [-0.39, 0.29) is 24.4 Å². The van der Waals surface area contributed by atoms with Crippen LogP contribution in [0.2, 0.25) is 0 Å². The van der Waals surface area contributed by atoms with Crippen LogP contribution in [0, 0.1) is 5.92 Å². The van der Waals surface area contributed by atoms with Crippen molar-refractivity contribution in [1.29, 1.82) is 0 Å². The molecule has 1 aliphatic rings. The number of carbonyl (C=O) groups is 2. The summed E-state index contributed by atoms with van der Waals surface area (Å²) in [7, 11) is 1.80. The number of likely N-dealkylation sites (N-methyl/N-ethyl adjacent to an activating group) is 1. The Morgan fingerprint density at radius 2 is 2.00 bits per heavy atom. The van der Waals surface area contributed by atoms with Gasteiger partial charge < -0.3 is 16.0 Å². The average Bonchev–Trinajstić information content (AvgIpc) is 3.00. The van der Waals surface area contributed by atoms with E-state index in [4.69, 9.17) is 5.73 Å². The first kappa shape index (κ1) is 15.5. The van der Waals surface area contributed by atoms with Crippen LogP contribution in [0.15, 0.2) is 30.3 Å². The molecule has 2 unspecified atom stereocenters. The molecule has 2 rings (SSSR count). The highest BCUT2D eigenvalue weighted by molar-refractivity contribution is 5.96. The normalized spacial score (nSPS) is 21.0. The largest absolute Gasteiger partial charge is 0.343 e. The van der Waals surface area contributed by atoms with E-state index in [1.165, 1.54) is 0 Å². The summed E-state index contributed by atoms with van der Waals surface area (Å²) in [4.78, 5) is 25.9. The van der Waals surface area contributed by atoms with Crippen molar-refractivity contribution in [1.82, 2.24) is 10.2 Å². The lowest BCUT2D eigenvalue weighted by molar-refractivity contribution is -0.131. The summed E-state index contributed by atoms with van der Waals surface area (Å²) >= 11 is 0. The minimum Gasteiger partial charge on any atom is -0.343 e. The van der Waals surface area contributed by atoms with Gasteiger partial charge in [0.15, 0.2) is 0 Å². The second-order valence-corrected chi connectivity index (χ2v) is 5.55. The highest BCUT2D eigenvalue weighted by atomic mass is 16.2. The first-order valence-electron chi connectivity index (χ1n) is 7.42. The van der Waals surface area contributed by atoms with Gasteiger partial charge in [0.2, 0.25) is 5.91 Å². The van der Waals surface area contributed by atoms with E-state index >= 15 is 0 Å². The topological polar surface area (TPSA) is 75.4 Å². The van der Waals surface area contributed by atoms with Crippen molar-refractivity contribution >= 4 is 11.8 Å². The fraction of sp³-hybridized carbons (Fsp3) is 0.500. The zero-order chi connectivity index (χ0) is 15.2. The Morgan fingerprint density at radius 3 is 2.67 bits per heavy atom. The molecule has 2 amide bonds. The van der Waals surface area contributed by atoms with E-state index < -0.39 is 0 Å². The molecule has 1 saturated carbocycles. The van der Waals surface area contributed by atoms with Crippen LogP contribution in [0.25, 0.3) is 0 Å². The number of nitrogens with one attached hydrogen (secondary N) is 1. The van der Waals surface area contributed by atoms with E-state index in [2.05, 4.69) is 5.32 Å². The van der Waals surface area contributed by atoms with E-state index in [1.807, 2.05) is 6.07 Å². The number of hydrogen-bond acceptors (Lipinski definition) is 3. The minimum absolute atomic E-state index is 0.0258. The van der Waals surface area contributed by atoms with Gasteiger partial charge >= 0.3 is 0 Å². The predicted octanol–water partition coefficient (Wildman–Crippen LogP) is 1.00. The van der Waals surface area contributed by atoms with Crippen LogP contribution >= 0.6 is 0 Å². The lowest BCUT2D eigenvalue weighted by Crippen LogP contribution is -2.45. The molecule has 1 aliphatic carbocycles. The van der Waals surface area contributed by atoms with E-state index in [0.29, 0.717) is 18.0 Å². The summed E-state index contributed by atoms with van der Waals surface area (Å²) in [6.07, 6.45) is 3.19. The van der Waals surface area contributed by atoms with Gasteiger partial charge in [0.05, 0.1) is 6.54 Å². The third-order valence-corrected chi connectivity index (χ3v) is 4.25. The Balaban J connectivity index is 1.85. The van der Waals surface area contributed by atoms with Crippen LogP contribution in [0.5, 0.6) is 0 Å². The van der Waals surface area contributed by atoms with Crippen LogP contribution in [-0.4, -0.2) is 42.9 Å². The molecule has 0 radical (unpaired) electrons. The second-order valence-electron chi connectivity index (χ2n) is 5.55. The first-order valence-corrected chi connectivity index (χ1v) is 7.42. The Kier molecular flexibility index (Phi) is 5.33. The Hall–Kier alpha value is -1.88. The molecule has 0 spiro atoms. The lowest BCUT2D eigenvalue weighted by atomic mass is 10.0. The molecule has 3 N–H and O–H groups in total. The summed E-state index contributed by atoms with van der Waals surface area (Å²) in [5.74, 6) is 0.0903. The molecule has 1 aromatic rings. The van der Waals surface area contributed by atoms with Gasteiger partial charge in [-0.1, -0.05) is 24.6 Å². The van der Waals surface area contributed by atoms with Crippen LogP contribution in [0.3, 0.4) is 0 Å². The van der Waals surface area contributed by atoms with Gasteiger partial charge in [-0.3, -0.25) is 9.59 Å². The fourth-order valence-electron chi connectivity index (χ4n) is 2.96. The van der Waals surface area contributed by atoms with Crippen molar-refractivity contribution in [2.24, 2.45) is 11.7 Å². The van der Waals surface area contributed by atoms with Crippen molar-refractivity contribution in [3.05, 3.63) is 35.9 Å². The third kappa shape index (κ3) is 3.82. The Bertz CT molecular complexity index is 490. The lowest BCUT2D eigenvalue weighted by Gasteiger charge is -2.29.